The molecule has 12 bridgehead atoms. The fraction of sp³-hybridized carbons (Fsp3) is 0.429. The van der Waals surface area contributed by atoms with Gasteiger partial charge in [-0.3, -0.25) is 58.0 Å². The normalized spacial score (nSPS) is 20.9. The quantitative estimate of drug-likeness (QED) is 0.146. The average Bonchev–Trinajstić information content (AvgIpc) is 3.26. The van der Waals surface area contributed by atoms with Gasteiger partial charge in [0.05, 0.1) is 72.9 Å². The van der Waals surface area contributed by atoms with Gasteiger partial charge in [-0.05, 0) is 48.5 Å². The number of amides is 8. The SMILES string of the molecule is COc1c2cc(Br)cc1C(=O)NCCN1CCNC(=O)c3cc(Br)cc(c3OC)C(=O)NCCN(CCNC2=O)CCN2CCNC(=O)c3cc(Br)cc(c3OC)C(=O)NCCN(CCNC(=O)c3cc(Br)cc(c3OC)C(=O)NCC2)CC1. The summed E-state index contributed by atoms with van der Waals surface area (Å²) in [4.78, 5) is 121. The topological polar surface area (TPSA) is 283 Å². The Hall–Kier alpha value is -6.40. The Kier molecular flexibility index (Phi) is 24.6. The highest BCUT2D eigenvalue weighted by Gasteiger charge is 2.28. The summed E-state index contributed by atoms with van der Waals surface area (Å²) in [6.07, 6.45) is 0. The molecule has 84 heavy (non-hydrogen) atoms. The molecule has 24 nitrogen and oxygen atoms in total. The molecule has 0 saturated heterocycles. The van der Waals surface area contributed by atoms with Crippen molar-refractivity contribution in [2.75, 3.05) is 159 Å². The molecular formula is C56H68Br4N12O12. The molecule has 452 valence electrons. The van der Waals surface area contributed by atoms with E-state index in [1.165, 1.54) is 28.4 Å². The van der Waals surface area contributed by atoms with Crippen LogP contribution in [0.3, 0.4) is 0 Å². The Morgan fingerprint density at radius 3 is 0.512 bits per heavy atom. The zero-order valence-corrected chi connectivity index (χ0v) is 53.3. The number of hydrogen-bond acceptors (Lipinski definition) is 16. The first-order valence-corrected chi connectivity index (χ1v) is 30.3. The van der Waals surface area contributed by atoms with Crippen molar-refractivity contribution in [2.45, 2.75) is 0 Å². The number of fused-ring (bicyclic) bond motifs is 16. The van der Waals surface area contributed by atoms with Crippen molar-refractivity contribution < 1.29 is 57.3 Å². The van der Waals surface area contributed by atoms with Crippen LogP contribution in [0.15, 0.2) is 66.4 Å². The van der Waals surface area contributed by atoms with Crippen molar-refractivity contribution >= 4 is 111 Å². The van der Waals surface area contributed by atoms with Crippen LogP contribution >= 0.6 is 63.7 Å². The van der Waals surface area contributed by atoms with E-state index in [1.54, 1.807) is 48.5 Å². The molecule has 4 aromatic rings. The number of halogens is 4. The minimum Gasteiger partial charge on any atom is -0.495 e. The summed E-state index contributed by atoms with van der Waals surface area (Å²) in [6.45, 7) is 4.14. The van der Waals surface area contributed by atoms with Gasteiger partial charge >= 0.3 is 0 Å². The summed E-state index contributed by atoms with van der Waals surface area (Å²) in [5.41, 5.74) is 0.892. The van der Waals surface area contributed by atoms with Crippen LogP contribution < -0.4 is 61.5 Å². The summed E-state index contributed by atoms with van der Waals surface area (Å²) in [5, 5.41) is 23.8. The minimum atomic E-state index is -0.504. The number of benzene rings is 4. The van der Waals surface area contributed by atoms with Crippen LogP contribution in [0.5, 0.6) is 23.0 Å². The summed E-state index contributed by atoms with van der Waals surface area (Å²) >= 11 is 14.0. The van der Waals surface area contributed by atoms with Gasteiger partial charge in [-0.1, -0.05) is 63.7 Å². The fourth-order valence-electron chi connectivity index (χ4n) is 9.89. The summed E-state index contributed by atoms with van der Waals surface area (Å²) in [6, 6.07) is 12.6. The monoisotopic (exact) mass is 1420 g/mol. The number of carbonyl (C=O) groups is 8. The van der Waals surface area contributed by atoms with Gasteiger partial charge in [0.2, 0.25) is 0 Å². The van der Waals surface area contributed by atoms with Crippen molar-refractivity contribution in [2.24, 2.45) is 0 Å². The first-order chi connectivity index (χ1) is 40.4. The van der Waals surface area contributed by atoms with Crippen molar-refractivity contribution in [3.63, 3.8) is 0 Å². The van der Waals surface area contributed by atoms with E-state index in [0.717, 1.165) is 0 Å². The number of hydrogen-bond donors (Lipinski definition) is 8. The number of carbonyl (C=O) groups excluding carboxylic acids is 8. The first kappa shape index (κ1) is 65.1. The highest BCUT2D eigenvalue weighted by atomic mass is 79.9. The Morgan fingerprint density at radius 2 is 0.393 bits per heavy atom. The lowest BCUT2D eigenvalue weighted by atomic mass is 10.1. The van der Waals surface area contributed by atoms with E-state index < -0.39 is 47.3 Å². The predicted molar refractivity (Wildman–Crippen MR) is 327 cm³/mol. The number of nitrogens with one attached hydrogen (secondary N) is 8. The van der Waals surface area contributed by atoms with Gasteiger partial charge in [-0.15, -0.1) is 0 Å². The number of nitrogens with zero attached hydrogens (tertiary/aromatic N) is 4. The Morgan fingerprint density at radius 1 is 0.262 bits per heavy atom. The third-order valence-electron chi connectivity index (χ3n) is 14.2. The molecule has 0 fully saturated rings. The van der Waals surface area contributed by atoms with Gasteiger partial charge in [0, 0.05) is 149 Å². The third kappa shape index (κ3) is 17.4. The maximum atomic E-state index is 14.1. The van der Waals surface area contributed by atoms with Gasteiger partial charge < -0.3 is 61.5 Å². The van der Waals surface area contributed by atoms with Crippen molar-refractivity contribution in [1.82, 2.24) is 62.1 Å². The zero-order valence-electron chi connectivity index (χ0n) is 47.0. The molecule has 4 aliphatic rings. The van der Waals surface area contributed by atoms with Gasteiger partial charge in [0.25, 0.3) is 47.3 Å². The van der Waals surface area contributed by atoms with Crippen molar-refractivity contribution in [3.05, 3.63) is 111 Å². The summed E-state index contributed by atoms with van der Waals surface area (Å²) in [5.74, 6) is -3.78. The average molecular weight is 1420 g/mol. The molecule has 0 unspecified atom stereocenters. The van der Waals surface area contributed by atoms with Crippen LogP contribution in [-0.2, 0) is 0 Å². The molecule has 0 spiro atoms. The first-order valence-electron chi connectivity index (χ1n) is 27.1. The number of methoxy groups -OCH3 is 4. The number of rotatable bonds is 4. The van der Waals surface area contributed by atoms with E-state index in [2.05, 4.69) is 106 Å². The molecule has 0 aliphatic carbocycles. The molecule has 8 amide bonds. The minimum absolute atomic E-state index is 0.0626. The highest BCUT2D eigenvalue weighted by molar-refractivity contribution is 9.11. The van der Waals surface area contributed by atoms with Gasteiger partial charge in [0.1, 0.15) is 23.0 Å². The Labute approximate surface area is 520 Å². The largest absolute Gasteiger partial charge is 0.495 e. The van der Waals surface area contributed by atoms with E-state index in [9.17, 15) is 38.4 Å². The second-order valence-corrected chi connectivity index (χ2v) is 23.2. The van der Waals surface area contributed by atoms with Crippen molar-refractivity contribution in [3.8, 4) is 23.0 Å². The van der Waals surface area contributed by atoms with Crippen LogP contribution in [-0.4, -0.2) is 226 Å². The summed E-state index contributed by atoms with van der Waals surface area (Å²) in [7, 11) is 5.52. The smallest absolute Gasteiger partial charge is 0.255 e. The molecule has 8 rings (SSSR count). The number of ether oxygens (including phenoxy) is 4. The molecule has 0 radical (unpaired) electrons. The predicted octanol–water partition coefficient (Wildman–Crippen LogP) is 2.96. The highest BCUT2D eigenvalue weighted by Crippen LogP contribution is 2.32. The Bertz CT molecular complexity index is 2540. The summed E-state index contributed by atoms with van der Waals surface area (Å²) < 4.78 is 24.8. The lowest BCUT2D eigenvalue weighted by molar-refractivity contribution is 0.0908. The van der Waals surface area contributed by atoms with E-state index >= 15 is 0 Å². The zero-order chi connectivity index (χ0) is 60.5. The van der Waals surface area contributed by atoms with E-state index in [0.29, 0.717) is 44.1 Å². The molecular weight excluding hydrogens is 1350 g/mol. The third-order valence-corrected chi connectivity index (χ3v) is 16.0. The fourth-order valence-corrected chi connectivity index (χ4v) is 11.7. The van der Waals surface area contributed by atoms with Crippen LogP contribution in [0.1, 0.15) is 82.9 Å². The van der Waals surface area contributed by atoms with Gasteiger partial charge in [-0.2, -0.15) is 0 Å². The van der Waals surface area contributed by atoms with Gasteiger partial charge in [0.15, 0.2) is 0 Å². The van der Waals surface area contributed by atoms with Crippen LogP contribution in [0, 0.1) is 0 Å². The van der Waals surface area contributed by atoms with Crippen molar-refractivity contribution in [1.29, 1.82) is 0 Å². The Balaban J connectivity index is 1.34. The van der Waals surface area contributed by atoms with Gasteiger partial charge in [-0.25, -0.2) is 0 Å². The van der Waals surface area contributed by atoms with E-state index in [4.69, 9.17) is 18.9 Å². The molecule has 4 heterocycles. The second-order valence-electron chi connectivity index (χ2n) is 19.6. The standard InChI is InChI=1S/C56H68Br4N12O12/c1-81-45-37-25-33(57)26-38(45)50(74)62-6-14-70-16-8-64-52(76)40-28-34(58)27-39(46(40)82-2)51(75)63-7-15-69(13-5-61-49(37)73)21-23-71-17-9-65-53(77)41-29-35(59)30-42(47(41)83-3)54(78)66-10-18-72(24-22-70)20-12-68-56(80)44-32-36(60)31-43(48(44)84-4)55(79)67-11-19-71/h25-32H,5-24H2,1-4H3,(H,61,73)(H,62,74)(H,63,75)(H,64,76)(H,65,77)(H,66,78)(H,67,79)(H,68,80). The maximum absolute atomic E-state index is 14.1. The molecule has 0 atom stereocenters. The van der Waals surface area contributed by atoms with Crippen LogP contribution in [0.2, 0.25) is 0 Å². The molecule has 8 N–H and O–H groups in total. The van der Waals surface area contributed by atoms with Crippen LogP contribution in [0.25, 0.3) is 0 Å². The van der Waals surface area contributed by atoms with Crippen LogP contribution in [0.4, 0.5) is 0 Å². The maximum Gasteiger partial charge on any atom is 0.255 e. The second kappa shape index (κ2) is 31.7. The van der Waals surface area contributed by atoms with E-state index in [1.807, 2.05) is 19.6 Å². The molecule has 4 aliphatic heterocycles. The van der Waals surface area contributed by atoms with E-state index in [-0.39, 0.29) is 172 Å². The lowest BCUT2D eigenvalue weighted by Gasteiger charge is -2.29. The molecule has 28 heteroatoms. The lowest BCUT2D eigenvalue weighted by Crippen LogP contribution is -2.46. The molecule has 4 aromatic carbocycles. The molecule has 0 aromatic heterocycles. The molecule has 0 saturated carbocycles.